The maximum Gasteiger partial charge on any atom is 0.267 e. The van der Waals surface area contributed by atoms with E-state index in [0.29, 0.717) is 5.02 Å². The second-order valence-electron chi connectivity index (χ2n) is 4.47. The molecule has 0 saturated carbocycles. The summed E-state index contributed by atoms with van der Waals surface area (Å²) < 4.78 is 0. The number of nitrogens with zero attached hydrogens (tertiary/aromatic N) is 1. The van der Waals surface area contributed by atoms with Crippen molar-refractivity contribution in [1.29, 1.82) is 0 Å². The minimum absolute atomic E-state index is 0.284. The lowest BCUT2D eigenvalue weighted by Gasteiger charge is -2.06. The minimum Gasteiger partial charge on any atom is -0.364 e. The Hall–Kier alpha value is -2.39. The first-order valence-electron chi connectivity index (χ1n) is 6.09. The van der Waals surface area contributed by atoms with Crippen LogP contribution in [-0.4, -0.2) is 10.9 Å². The summed E-state index contributed by atoms with van der Waals surface area (Å²) in [5.41, 5.74) is 7.61. The summed E-state index contributed by atoms with van der Waals surface area (Å²) in [5, 5.41) is 2.35. The third-order valence-corrected chi connectivity index (χ3v) is 3.39. The van der Waals surface area contributed by atoms with Gasteiger partial charge in [0.25, 0.3) is 5.91 Å². The van der Waals surface area contributed by atoms with Gasteiger partial charge in [0.15, 0.2) is 0 Å². The topological polar surface area (TPSA) is 56.0 Å². The SMILES string of the molecule is NC(=O)c1nccc2ccc(-c3cccc(Cl)c3)cc12. The number of primary amides is 1. The quantitative estimate of drug-likeness (QED) is 0.780. The molecule has 0 aliphatic carbocycles. The number of hydrogen-bond acceptors (Lipinski definition) is 2. The van der Waals surface area contributed by atoms with Crippen LogP contribution in [0.15, 0.2) is 54.7 Å². The van der Waals surface area contributed by atoms with Crippen molar-refractivity contribution in [2.75, 3.05) is 0 Å². The summed E-state index contributed by atoms with van der Waals surface area (Å²) in [7, 11) is 0. The van der Waals surface area contributed by atoms with E-state index in [0.717, 1.165) is 21.9 Å². The van der Waals surface area contributed by atoms with Crippen molar-refractivity contribution >= 4 is 28.3 Å². The van der Waals surface area contributed by atoms with Gasteiger partial charge in [0, 0.05) is 16.6 Å². The monoisotopic (exact) mass is 282 g/mol. The molecule has 0 aliphatic heterocycles. The average Bonchev–Trinajstić information content (AvgIpc) is 2.46. The number of halogens is 1. The lowest BCUT2D eigenvalue weighted by Crippen LogP contribution is -2.13. The van der Waals surface area contributed by atoms with E-state index in [1.807, 2.05) is 48.5 Å². The van der Waals surface area contributed by atoms with Crippen molar-refractivity contribution in [3.8, 4) is 11.1 Å². The molecule has 98 valence electrons. The van der Waals surface area contributed by atoms with E-state index in [-0.39, 0.29) is 5.69 Å². The highest BCUT2D eigenvalue weighted by atomic mass is 35.5. The van der Waals surface area contributed by atoms with E-state index in [9.17, 15) is 4.79 Å². The second kappa shape index (κ2) is 4.94. The molecule has 1 amide bonds. The number of rotatable bonds is 2. The van der Waals surface area contributed by atoms with Gasteiger partial charge in [-0.3, -0.25) is 9.78 Å². The Morgan fingerprint density at radius 1 is 1.05 bits per heavy atom. The third kappa shape index (κ3) is 2.24. The molecule has 3 aromatic rings. The van der Waals surface area contributed by atoms with E-state index in [4.69, 9.17) is 17.3 Å². The molecule has 2 N–H and O–H groups in total. The average molecular weight is 283 g/mol. The zero-order valence-corrected chi connectivity index (χ0v) is 11.3. The van der Waals surface area contributed by atoms with Gasteiger partial charge in [-0.05, 0) is 40.8 Å². The Morgan fingerprint density at radius 2 is 1.85 bits per heavy atom. The minimum atomic E-state index is -0.529. The van der Waals surface area contributed by atoms with Crippen LogP contribution in [0.5, 0.6) is 0 Å². The first-order chi connectivity index (χ1) is 9.65. The fourth-order valence-corrected chi connectivity index (χ4v) is 2.40. The molecule has 3 rings (SSSR count). The summed E-state index contributed by atoms with van der Waals surface area (Å²) in [5.74, 6) is -0.529. The highest BCUT2D eigenvalue weighted by molar-refractivity contribution is 6.30. The Morgan fingerprint density at radius 3 is 2.60 bits per heavy atom. The van der Waals surface area contributed by atoms with Gasteiger partial charge in [0.1, 0.15) is 5.69 Å². The zero-order chi connectivity index (χ0) is 14.1. The van der Waals surface area contributed by atoms with Crippen molar-refractivity contribution in [2.24, 2.45) is 5.73 Å². The van der Waals surface area contributed by atoms with Crippen LogP contribution >= 0.6 is 11.6 Å². The first kappa shape index (κ1) is 12.6. The second-order valence-corrected chi connectivity index (χ2v) is 4.91. The maximum atomic E-state index is 11.5. The zero-order valence-electron chi connectivity index (χ0n) is 10.5. The maximum absolute atomic E-state index is 11.5. The normalized spacial score (nSPS) is 10.7. The number of benzene rings is 2. The molecule has 1 aromatic heterocycles. The summed E-state index contributed by atoms with van der Waals surface area (Å²) in [6.45, 7) is 0. The van der Waals surface area contributed by atoms with Gasteiger partial charge >= 0.3 is 0 Å². The molecule has 0 aliphatic rings. The van der Waals surface area contributed by atoms with E-state index >= 15 is 0 Å². The van der Waals surface area contributed by atoms with E-state index in [2.05, 4.69) is 4.98 Å². The van der Waals surface area contributed by atoms with Crippen LogP contribution < -0.4 is 5.73 Å². The van der Waals surface area contributed by atoms with Crippen molar-refractivity contribution in [1.82, 2.24) is 4.98 Å². The molecule has 0 spiro atoms. The molecule has 0 unspecified atom stereocenters. The number of fused-ring (bicyclic) bond motifs is 1. The van der Waals surface area contributed by atoms with Crippen LogP contribution in [-0.2, 0) is 0 Å². The summed E-state index contributed by atoms with van der Waals surface area (Å²) >= 11 is 6.01. The van der Waals surface area contributed by atoms with Crippen LogP contribution in [0.3, 0.4) is 0 Å². The lowest BCUT2D eigenvalue weighted by molar-refractivity contribution is 0.0997. The highest BCUT2D eigenvalue weighted by Gasteiger charge is 2.09. The molecular formula is C16H11ClN2O. The van der Waals surface area contributed by atoms with Crippen molar-refractivity contribution in [3.05, 3.63) is 65.4 Å². The van der Waals surface area contributed by atoms with E-state index in [1.165, 1.54) is 0 Å². The summed E-state index contributed by atoms with van der Waals surface area (Å²) in [4.78, 5) is 15.5. The van der Waals surface area contributed by atoms with E-state index in [1.54, 1.807) is 6.20 Å². The standard InChI is InChI=1S/C16H11ClN2O/c17-13-3-1-2-11(8-13)12-5-4-10-6-7-19-15(16(18)20)14(10)9-12/h1-9H,(H2,18,20). The van der Waals surface area contributed by atoms with Crippen LogP contribution in [0.4, 0.5) is 0 Å². The van der Waals surface area contributed by atoms with Crippen LogP contribution in [0.1, 0.15) is 10.5 Å². The summed E-state index contributed by atoms with van der Waals surface area (Å²) in [6, 6.07) is 15.2. The van der Waals surface area contributed by atoms with Gasteiger partial charge in [-0.1, -0.05) is 35.9 Å². The molecular weight excluding hydrogens is 272 g/mol. The Kier molecular flexibility index (Phi) is 3.12. The molecule has 0 radical (unpaired) electrons. The number of aromatic nitrogens is 1. The molecule has 1 heterocycles. The van der Waals surface area contributed by atoms with Crippen molar-refractivity contribution in [2.45, 2.75) is 0 Å². The number of carbonyl (C=O) groups is 1. The van der Waals surface area contributed by atoms with Crippen LogP contribution in [0, 0.1) is 0 Å². The number of hydrogen-bond donors (Lipinski definition) is 1. The molecule has 0 bridgehead atoms. The number of carbonyl (C=O) groups excluding carboxylic acids is 1. The molecule has 0 fully saturated rings. The Labute approximate surface area is 121 Å². The van der Waals surface area contributed by atoms with Gasteiger partial charge in [0.2, 0.25) is 0 Å². The summed E-state index contributed by atoms with van der Waals surface area (Å²) in [6.07, 6.45) is 1.58. The van der Waals surface area contributed by atoms with Crippen molar-refractivity contribution < 1.29 is 4.79 Å². The predicted molar refractivity (Wildman–Crippen MR) is 80.7 cm³/mol. The first-order valence-corrected chi connectivity index (χ1v) is 6.47. The van der Waals surface area contributed by atoms with Gasteiger partial charge in [-0.25, -0.2) is 0 Å². The van der Waals surface area contributed by atoms with Crippen LogP contribution in [0.25, 0.3) is 21.9 Å². The molecule has 0 atom stereocenters. The Balaban J connectivity index is 2.24. The highest BCUT2D eigenvalue weighted by Crippen LogP contribution is 2.27. The molecule has 4 heteroatoms. The largest absolute Gasteiger partial charge is 0.364 e. The lowest BCUT2D eigenvalue weighted by atomic mass is 10.0. The van der Waals surface area contributed by atoms with Crippen molar-refractivity contribution in [3.63, 3.8) is 0 Å². The number of pyridine rings is 1. The van der Waals surface area contributed by atoms with Gasteiger partial charge in [0.05, 0.1) is 0 Å². The molecule has 3 nitrogen and oxygen atoms in total. The fraction of sp³-hybridized carbons (Fsp3) is 0. The van der Waals surface area contributed by atoms with E-state index < -0.39 is 5.91 Å². The molecule has 2 aromatic carbocycles. The number of amides is 1. The number of nitrogens with two attached hydrogens (primary N) is 1. The van der Waals surface area contributed by atoms with Gasteiger partial charge in [-0.2, -0.15) is 0 Å². The molecule has 0 saturated heterocycles. The Bertz CT molecular complexity index is 814. The smallest absolute Gasteiger partial charge is 0.267 e. The predicted octanol–water partition coefficient (Wildman–Crippen LogP) is 3.65. The van der Waals surface area contributed by atoms with Gasteiger partial charge in [-0.15, -0.1) is 0 Å². The third-order valence-electron chi connectivity index (χ3n) is 3.16. The molecule has 20 heavy (non-hydrogen) atoms. The fourth-order valence-electron chi connectivity index (χ4n) is 2.21. The van der Waals surface area contributed by atoms with Crippen LogP contribution in [0.2, 0.25) is 5.02 Å². The van der Waals surface area contributed by atoms with Gasteiger partial charge < -0.3 is 5.73 Å².